The average molecular weight is 404 g/mol. The lowest BCUT2D eigenvalue weighted by molar-refractivity contribution is -0.115. The third-order valence-corrected chi connectivity index (χ3v) is 3.88. The van der Waals surface area contributed by atoms with Crippen molar-refractivity contribution < 1.29 is 4.79 Å². The Balaban J connectivity index is 2.03. The number of halogens is 3. The van der Waals surface area contributed by atoms with Crippen molar-refractivity contribution in [3.05, 3.63) is 62.0 Å². The van der Waals surface area contributed by atoms with Gasteiger partial charge < -0.3 is 5.32 Å². The Kier molecular flexibility index (Phi) is 5.02. The van der Waals surface area contributed by atoms with E-state index >= 15 is 0 Å². The van der Waals surface area contributed by atoms with E-state index in [1.54, 1.807) is 12.1 Å². The summed E-state index contributed by atoms with van der Waals surface area (Å²) in [5.74, 6) is -0.0645. The molecule has 0 radical (unpaired) electrons. The van der Waals surface area contributed by atoms with Crippen molar-refractivity contribution >= 4 is 55.1 Å². The number of hydrogen-bond acceptors (Lipinski definition) is 1. The van der Waals surface area contributed by atoms with Crippen LogP contribution in [0, 0.1) is 0 Å². The molecule has 1 N–H and O–H groups in total. The molecule has 98 valence electrons. The molecule has 0 fully saturated rings. The van der Waals surface area contributed by atoms with Crippen LogP contribution in [0.3, 0.4) is 0 Å². The zero-order chi connectivity index (χ0) is 13.8. The van der Waals surface area contributed by atoms with Gasteiger partial charge in [-0.15, -0.1) is 0 Å². The second-order valence-corrected chi connectivity index (χ2v) is 6.18. The SMILES string of the molecule is O=C(Cc1ccc(Cl)cc1)Nc1ccc(Br)cc1Br. The summed E-state index contributed by atoms with van der Waals surface area (Å²) in [5.41, 5.74) is 1.68. The second kappa shape index (κ2) is 6.55. The molecule has 1 amide bonds. The largest absolute Gasteiger partial charge is 0.325 e. The molecule has 0 aliphatic heterocycles. The van der Waals surface area contributed by atoms with Crippen molar-refractivity contribution in [3.8, 4) is 0 Å². The van der Waals surface area contributed by atoms with E-state index in [1.165, 1.54) is 0 Å². The molecule has 0 spiro atoms. The van der Waals surface area contributed by atoms with Gasteiger partial charge in [0.05, 0.1) is 12.1 Å². The fourth-order valence-corrected chi connectivity index (χ4v) is 2.85. The van der Waals surface area contributed by atoms with Gasteiger partial charge in [0.1, 0.15) is 0 Å². The molecule has 2 rings (SSSR count). The van der Waals surface area contributed by atoms with E-state index in [0.29, 0.717) is 11.4 Å². The Morgan fingerprint density at radius 2 is 1.79 bits per heavy atom. The number of anilines is 1. The molecule has 0 aliphatic carbocycles. The first-order valence-electron chi connectivity index (χ1n) is 5.54. The first-order chi connectivity index (χ1) is 9.04. The van der Waals surface area contributed by atoms with Crippen molar-refractivity contribution in [3.63, 3.8) is 0 Å². The van der Waals surface area contributed by atoms with Crippen molar-refractivity contribution in [2.45, 2.75) is 6.42 Å². The van der Waals surface area contributed by atoms with Crippen molar-refractivity contribution in [2.24, 2.45) is 0 Å². The molecule has 0 bridgehead atoms. The third-order valence-electron chi connectivity index (χ3n) is 2.48. The number of rotatable bonds is 3. The second-order valence-electron chi connectivity index (χ2n) is 3.98. The Hall–Kier alpha value is -0.840. The number of hydrogen-bond donors (Lipinski definition) is 1. The Morgan fingerprint density at radius 1 is 1.11 bits per heavy atom. The van der Waals surface area contributed by atoms with Gasteiger partial charge >= 0.3 is 0 Å². The van der Waals surface area contributed by atoms with Crippen LogP contribution in [0.4, 0.5) is 5.69 Å². The van der Waals surface area contributed by atoms with E-state index in [0.717, 1.165) is 20.2 Å². The monoisotopic (exact) mass is 401 g/mol. The maximum absolute atomic E-state index is 11.9. The van der Waals surface area contributed by atoms with E-state index in [4.69, 9.17) is 11.6 Å². The lowest BCUT2D eigenvalue weighted by Gasteiger charge is -2.08. The van der Waals surface area contributed by atoms with Crippen LogP contribution in [-0.2, 0) is 11.2 Å². The standard InChI is InChI=1S/C14H10Br2ClNO/c15-10-3-6-13(12(16)8-10)18-14(19)7-9-1-4-11(17)5-2-9/h1-6,8H,7H2,(H,18,19). The van der Waals surface area contributed by atoms with Crippen LogP contribution in [0.2, 0.25) is 5.02 Å². The quantitative estimate of drug-likeness (QED) is 0.764. The highest BCUT2D eigenvalue weighted by molar-refractivity contribution is 9.11. The molecule has 0 saturated heterocycles. The highest BCUT2D eigenvalue weighted by atomic mass is 79.9. The van der Waals surface area contributed by atoms with Crippen LogP contribution in [0.1, 0.15) is 5.56 Å². The van der Waals surface area contributed by atoms with Crippen LogP contribution in [0.15, 0.2) is 51.4 Å². The smallest absolute Gasteiger partial charge is 0.228 e. The summed E-state index contributed by atoms with van der Waals surface area (Å²) in [7, 11) is 0. The van der Waals surface area contributed by atoms with Gasteiger partial charge in [-0.2, -0.15) is 0 Å². The Bertz CT molecular complexity index is 599. The molecule has 5 heteroatoms. The molecule has 0 aromatic heterocycles. The van der Waals surface area contributed by atoms with E-state index in [-0.39, 0.29) is 5.91 Å². The fraction of sp³-hybridized carbons (Fsp3) is 0.0714. The molecule has 0 atom stereocenters. The van der Waals surface area contributed by atoms with Crippen LogP contribution in [-0.4, -0.2) is 5.91 Å². The lowest BCUT2D eigenvalue weighted by Crippen LogP contribution is -2.14. The molecular weight excluding hydrogens is 393 g/mol. The topological polar surface area (TPSA) is 29.1 Å². The predicted molar refractivity (Wildman–Crippen MR) is 85.6 cm³/mol. The van der Waals surface area contributed by atoms with E-state index in [9.17, 15) is 4.79 Å². The zero-order valence-corrected chi connectivity index (χ0v) is 13.7. The van der Waals surface area contributed by atoms with Crippen LogP contribution in [0.5, 0.6) is 0 Å². The molecular formula is C14H10Br2ClNO. The molecule has 2 aromatic rings. The van der Waals surface area contributed by atoms with E-state index in [2.05, 4.69) is 37.2 Å². The van der Waals surface area contributed by atoms with Gasteiger partial charge in [-0.05, 0) is 51.8 Å². The van der Waals surface area contributed by atoms with Crippen molar-refractivity contribution in [2.75, 3.05) is 5.32 Å². The minimum atomic E-state index is -0.0645. The lowest BCUT2D eigenvalue weighted by atomic mass is 10.1. The Morgan fingerprint density at radius 3 is 2.42 bits per heavy atom. The molecule has 2 nitrogen and oxygen atoms in total. The summed E-state index contributed by atoms with van der Waals surface area (Å²) >= 11 is 12.6. The van der Waals surface area contributed by atoms with Crippen LogP contribution in [0.25, 0.3) is 0 Å². The first-order valence-corrected chi connectivity index (χ1v) is 7.50. The number of carbonyl (C=O) groups excluding carboxylic acids is 1. The number of nitrogens with one attached hydrogen (secondary N) is 1. The van der Waals surface area contributed by atoms with Gasteiger partial charge in [-0.25, -0.2) is 0 Å². The summed E-state index contributed by atoms with van der Waals surface area (Å²) in [6.07, 6.45) is 0.319. The highest BCUT2D eigenvalue weighted by Gasteiger charge is 2.07. The van der Waals surface area contributed by atoms with E-state index in [1.807, 2.05) is 30.3 Å². The zero-order valence-electron chi connectivity index (χ0n) is 9.79. The summed E-state index contributed by atoms with van der Waals surface area (Å²) in [6, 6.07) is 12.9. The maximum Gasteiger partial charge on any atom is 0.228 e. The van der Waals surface area contributed by atoms with Crippen LogP contribution >= 0.6 is 43.5 Å². The van der Waals surface area contributed by atoms with Crippen molar-refractivity contribution in [1.29, 1.82) is 0 Å². The number of amides is 1. The van der Waals surface area contributed by atoms with Gasteiger partial charge in [-0.3, -0.25) is 4.79 Å². The first kappa shape index (κ1) is 14.6. The summed E-state index contributed by atoms with van der Waals surface area (Å²) < 4.78 is 1.79. The van der Waals surface area contributed by atoms with E-state index < -0.39 is 0 Å². The summed E-state index contributed by atoms with van der Waals surface area (Å²) in [6.45, 7) is 0. The molecule has 0 heterocycles. The molecule has 0 unspecified atom stereocenters. The summed E-state index contributed by atoms with van der Waals surface area (Å²) in [4.78, 5) is 11.9. The average Bonchev–Trinajstić information content (AvgIpc) is 2.36. The van der Waals surface area contributed by atoms with Crippen LogP contribution < -0.4 is 5.32 Å². The highest BCUT2D eigenvalue weighted by Crippen LogP contribution is 2.26. The molecule has 0 saturated carbocycles. The summed E-state index contributed by atoms with van der Waals surface area (Å²) in [5, 5.41) is 3.53. The Labute approximate surface area is 133 Å². The fourth-order valence-electron chi connectivity index (χ4n) is 1.57. The maximum atomic E-state index is 11.9. The van der Waals surface area contributed by atoms with Gasteiger partial charge in [0.2, 0.25) is 5.91 Å². The molecule has 2 aromatic carbocycles. The van der Waals surface area contributed by atoms with Crippen molar-refractivity contribution in [1.82, 2.24) is 0 Å². The van der Waals surface area contributed by atoms with Gasteiger partial charge in [0.25, 0.3) is 0 Å². The number of carbonyl (C=O) groups is 1. The number of benzene rings is 2. The third kappa shape index (κ3) is 4.34. The minimum Gasteiger partial charge on any atom is -0.325 e. The normalized spacial score (nSPS) is 10.3. The van der Waals surface area contributed by atoms with Gasteiger partial charge in [0.15, 0.2) is 0 Å². The van der Waals surface area contributed by atoms with Gasteiger partial charge in [-0.1, -0.05) is 39.7 Å². The predicted octanol–water partition coefficient (Wildman–Crippen LogP) is 5.05. The molecule has 0 aliphatic rings. The minimum absolute atomic E-state index is 0.0645. The molecule has 19 heavy (non-hydrogen) atoms. The van der Waals surface area contributed by atoms with Gasteiger partial charge in [0, 0.05) is 14.0 Å².